The molecule has 176 valence electrons. The van der Waals surface area contributed by atoms with Crippen molar-refractivity contribution in [2.24, 2.45) is 4.99 Å². The molecule has 0 aliphatic carbocycles. The van der Waals surface area contributed by atoms with Crippen LogP contribution in [0.3, 0.4) is 0 Å². The molecule has 0 aromatic heterocycles. The molecule has 0 saturated heterocycles. The number of halogens is 1. The summed E-state index contributed by atoms with van der Waals surface area (Å²) in [7, 11) is 0. The number of aliphatic imine (C=N–C) groups is 1. The van der Waals surface area contributed by atoms with Crippen LogP contribution in [-0.2, 0) is 9.59 Å². The number of hydrogen-bond acceptors (Lipinski definition) is 6. The maximum absolute atomic E-state index is 13.3. The van der Waals surface area contributed by atoms with E-state index in [0.717, 1.165) is 0 Å². The number of carbonyl (C=O) groups is 2. The molecule has 0 saturated carbocycles. The molecule has 2 aliphatic heterocycles. The Balaban J connectivity index is 1.38. The lowest BCUT2D eigenvalue weighted by molar-refractivity contribution is -0.115. The van der Waals surface area contributed by atoms with Gasteiger partial charge in [-0.1, -0.05) is 42.1 Å². The van der Waals surface area contributed by atoms with Crippen LogP contribution in [0.15, 0.2) is 83.5 Å². The first kappa shape index (κ1) is 22.7. The fraction of sp³-hybridized carbons (Fsp3) is 0.115. The molecule has 3 aromatic carbocycles. The van der Waals surface area contributed by atoms with Crippen molar-refractivity contribution in [2.45, 2.75) is 12.2 Å². The van der Waals surface area contributed by atoms with Gasteiger partial charge >= 0.3 is 0 Å². The van der Waals surface area contributed by atoms with Gasteiger partial charge in [0.1, 0.15) is 11.5 Å². The quantitative estimate of drug-likeness (QED) is 0.507. The first-order valence-electron chi connectivity index (χ1n) is 10.8. The van der Waals surface area contributed by atoms with Crippen molar-refractivity contribution < 1.29 is 23.5 Å². The van der Waals surface area contributed by atoms with E-state index in [1.54, 1.807) is 55.5 Å². The molecule has 2 aliphatic rings. The maximum atomic E-state index is 13.3. The molecule has 5 rings (SSSR count). The standard InChI is InChI=1S/C26H20FN3O4S/c1-16(24(31)28-19-11-12-22-23(14-19)34-15-33-22)35-26-29-21(13-17-7-9-18(27)10-8-17)25(32)30(26)20-5-3-2-4-6-20/h2-14,16H,15H2,1H3,(H,28,31)/b21-13+. The van der Waals surface area contributed by atoms with E-state index in [4.69, 9.17) is 9.47 Å². The third-order valence-corrected chi connectivity index (χ3v) is 6.36. The number of hydrogen-bond donors (Lipinski definition) is 1. The van der Waals surface area contributed by atoms with E-state index in [0.29, 0.717) is 33.6 Å². The zero-order chi connectivity index (χ0) is 24.4. The highest BCUT2D eigenvalue weighted by molar-refractivity contribution is 8.15. The van der Waals surface area contributed by atoms with Gasteiger partial charge < -0.3 is 14.8 Å². The van der Waals surface area contributed by atoms with E-state index in [9.17, 15) is 14.0 Å². The third-order valence-electron chi connectivity index (χ3n) is 5.31. The van der Waals surface area contributed by atoms with Crippen LogP contribution in [-0.4, -0.2) is 29.0 Å². The van der Waals surface area contributed by atoms with Crippen molar-refractivity contribution in [2.75, 3.05) is 17.0 Å². The number of benzene rings is 3. The second kappa shape index (κ2) is 9.63. The number of nitrogens with one attached hydrogen (secondary N) is 1. The molecule has 7 nitrogen and oxygen atoms in total. The fourth-order valence-corrected chi connectivity index (χ4v) is 4.45. The molecule has 1 unspecified atom stereocenters. The Labute approximate surface area is 205 Å². The highest BCUT2D eigenvalue weighted by atomic mass is 32.2. The van der Waals surface area contributed by atoms with Crippen LogP contribution in [0.5, 0.6) is 11.5 Å². The zero-order valence-corrected chi connectivity index (χ0v) is 19.4. The Kier molecular flexibility index (Phi) is 6.24. The Morgan fingerprint density at radius 2 is 1.83 bits per heavy atom. The molecule has 0 bridgehead atoms. The van der Waals surface area contributed by atoms with E-state index in [2.05, 4.69) is 10.3 Å². The molecule has 0 spiro atoms. The molecule has 1 atom stereocenters. The number of rotatable bonds is 5. The van der Waals surface area contributed by atoms with Gasteiger partial charge in [0.15, 0.2) is 16.7 Å². The lowest BCUT2D eigenvalue weighted by Gasteiger charge is -2.20. The Hall–Kier alpha value is -4.11. The predicted molar refractivity (Wildman–Crippen MR) is 134 cm³/mol. The van der Waals surface area contributed by atoms with Crippen molar-refractivity contribution in [1.29, 1.82) is 0 Å². The molecule has 0 fully saturated rings. The highest BCUT2D eigenvalue weighted by Gasteiger charge is 2.34. The summed E-state index contributed by atoms with van der Waals surface area (Å²) in [4.78, 5) is 32.2. The molecular formula is C26H20FN3O4S. The SMILES string of the molecule is CC(SC1=N/C(=C/c2ccc(F)cc2)C(=O)N1c1ccccc1)C(=O)Nc1ccc2c(c1)OCO2. The van der Waals surface area contributed by atoms with Crippen LogP contribution in [0, 0.1) is 5.82 Å². The van der Waals surface area contributed by atoms with E-state index < -0.39 is 5.25 Å². The number of thioether (sulfide) groups is 1. The monoisotopic (exact) mass is 489 g/mol. The number of fused-ring (bicyclic) bond motifs is 1. The minimum Gasteiger partial charge on any atom is -0.454 e. The van der Waals surface area contributed by atoms with Crippen molar-refractivity contribution >= 4 is 46.2 Å². The van der Waals surface area contributed by atoms with Gasteiger partial charge in [0.2, 0.25) is 12.7 Å². The average Bonchev–Trinajstić information content (AvgIpc) is 3.45. The molecule has 2 amide bonds. The van der Waals surface area contributed by atoms with Gasteiger partial charge in [-0.3, -0.25) is 14.5 Å². The molecule has 2 heterocycles. The molecule has 9 heteroatoms. The lowest BCUT2D eigenvalue weighted by atomic mass is 10.2. The lowest BCUT2D eigenvalue weighted by Crippen LogP contribution is -2.33. The number of ether oxygens (including phenoxy) is 2. The first-order valence-corrected chi connectivity index (χ1v) is 11.7. The van der Waals surface area contributed by atoms with Crippen LogP contribution in [0.4, 0.5) is 15.8 Å². The summed E-state index contributed by atoms with van der Waals surface area (Å²) in [5.74, 6) is 0.250. The van der Waals surface area contributed by atoms with Crippen LogP contribution >= 0.6 is 11.8 Å². The normalized spacial score (nSPS) is 16.4. The molecule has 0 radical (unpaired) electrons. The topological polar surface area (TPSA) is 80.2 Å². The van der Waals surface area contributed by atoms with Crippen LogP contribution in [0.1, 0.15) is 12.5 Å². The maximum Gasteiger partial charge on any atom is 0.283 e. The summed E-state index contributed by atoms with van der Waals surface area (Å²) in [6.45, 7) is 1.89. The number of amidine groups is 1. The van der Waals surface area contributed by atoms with Crippen LogP contribution < -0.4 is 19.7 Å². The van der Waals surface area contributed by atoms with Gasteiger partial charge in [0.05, 0.1) is 10.9 Å². The number of para-hydroxylation sites is 1. The van der Waals surface area contributed by atoms with Gasteiger partial charge in [0.25, 0.3) is 5.91 Å². The van der Waals surface area contributed by atoms with E-state index in [1.807, 2.05) is 18.2 Å². The average molecular weight is 490 g/mol. The first-order chi connectivity index (χ1) is 17.0. The van der Waals surface area contributed by atoms with Crippen molar-refractivity contribution in [3.8, 4) is 11.5 Å². The van der Waals surface area contributed by atoms with Gasteiger partial charge in [-0.25, -0.2) is 9.38 Å². The minimum atomic E-state index is -0.566. The van der Waals surface area contributed by atoms with Gasteiger partial charge in [0, 0.05) is 11.8 Å². The summed E-state index contributed by atoms with van der Waals surface area (Å²) in [5, 5.41) is 2.67. The molecule has 35 heavy (non-hydrogen) atoms. The summed E-state index contributed by atoms with van der Waals surface area (Å²) in [6, 6.07) is 20.1. The molecule has 3 aromatic rings. The highest BCUT2D eigenvalue weighted by Crippen LogP contribution is 2.35. The third kappa shape index (κ3) is 4.90. The van der Waals surface area contributed by atoms with Crippen molar-refractivity contribution in [3.05, 3.63) is 89.9 Å². The molecule has 1 N–H and O–H groups in total. The Morgan fingerprint density at radius 1 is 1.09 bits per heavy atom. The fourth-order valence-electron chi connectivity index (χ4n) is 3.53. The minimum absolute atomic E-state index is 0.149. The van der Waals surface area contributed by atoms with Gasteiger partial charge in [-0.15, -0.1) is 0 Å². The van der Waals surface area contributed by atoms with Crippen LogP contribution in [0.25, 0.3) is 6.08 Å². The number of nitrogens with zero attached hydrogens (tertiary/aromatic N) is 2. The Morgan fingerprint density at radius 3 is 2.60 bits per heavy atom. The molecular weight excluding hydrogens is 469 g/mol. The summed E-state index contributed by atoms with van der Waals surface area (Å²) < 4.78 is 23.9. The largest absolute Gasteiger partial charge is 0.454 e. The number of carbonyl (C=O) groups excluding carboxylic acids is 2. The van der Waals surface area contributed by atoms with E-state index in [-0.39, 0.29) is 30.1 Å². The van der Waals surface area contributed by atoms with Gasteiger partial charge in [-0.2, -0.15) is 0 Å². The summed E-state index contributed by atoms with van der Waals surface area (Å²) in [6.07, 6.45) is 1.60. The number of amides is 2. The Bertz CT molecular complexity index is 1340. The van der Waals surface area contributed by atoms with E-state index >= 15 is 0 Å². The van der Waals surface area contributed by atoms with Crippen LogP contribution in [0.2, 0.25) is 0 Å². The predicted octanol–water partition coefficient (Wildman–Crippen LogP) is 5.06. The van der Waals surface area contributed by atoms with Crippen molar-refractivity contribution in [1.82, 2.24) is 0 Å². The summed E-state index contributed by atoms with van der Waals surface area (Å²) in [5.41, 5.74) is 2.06. The summed E-state index contributed by atoms with van der Waals surface area (Å²) >= 11 is 1.17. The second-order valence-electron chi connectivity index (χ2n) is 7.77. The van der Waals surface area contributed by atoms with E-state index in [1.165, 1.54) is 28.8 Å². The van der Waals surface area contributed by atoms with Gasteiger partial charge in [-0.05, 0) is 55.0 Å². The smallest absolute Gasteiger partial charge is 0.283 e. The second-order valence-corrected chi connectivity index (χ2v) is 9.08. The number of anilines is 2. The zero-order valence-electron chi connectivity index (χ0n) is 18.6. The van der Waals surface area contributed by atoms with Crippen molar-refractivity contribution in [3.63, 3.8) is 0 Å².